The first-order chi connectivity index (χ1) is 9.17. The van der Waals surface area contributed by atoms with Gasteiger partial charge < -0.3 is 10.2 Å². The molecule has 0 atom stereocenters. The summed E-state index contributed by atoms with van der Waals surface area (Å²) in [5.74, 6) is 0.165. The van der Waals surface area contributed by atoms with Crippen molar-refractivity contribution in [2.24, 2.45) is 0 Å². The van der Waals surface area contributed by atoms with Gasteiger partial charge in [-0.25, -0.2) is 0 Å². The van der Waals surface area contributed by atoms with Gasteiger partial charge in [0.25, 0.3) is 0 Å². The van der Waals surface area contributed by atoms with Gasteiger partial charge in [-0.2, -0.15) is 0 Å². The Bertz CT molecular complexity index is 389. The zero-order chi connectivity index (χ0) is 14.3. The molecule has 0 spiro atoms. The largest absolute Gasteiger partial charge is 0.376 e. The van der Waals surface area contributed by atoms with Gasteiger partial charge in [0, 0.05) is 18.8 Å². The van der Waals surface area contributed by atoms with Gasteiger partial charge in [-0.15, -0.1) is 0 Å². The van der Waals surface area contributed by atoms with Gasteiger partial charge in [-0.05, 0) is 37.8 Å². The van der Waals surface area contributed by atoms with Crippen molar-refractivity contribution in [2.45, 2.75) is 40.5 Å². The lowest BCUT2D eigenvalue weighted by atomic mass is 10.0. The Morgan fingerprint density at radius 2 is 1.58 bits per heavy atom. The molecule has 1 aromatic rings. The van der Waals surface area contributed by atoms with E-state index in [2.05, 4.69) is 37.4 Å². The highest BCUT2D eigenvalue weighted by Gasteiger charge is 2.11. The Hall–Kier alpha value is -1.51. The molecule has 0 saturated carbocycles. The number of likely N-dealkylation sites (N-methyl/N-ethyl adjacent to an activating group) is 1. The van der Waals surface area contributed by atoms with Gasteiger partial charge in [0.2, 0.25) is 5.91 Å². The van der Waals surface area contributed by atoms with Crippen LogP contribution in [0.1, 0.15) is 38.8 Å². The fourth-order valence-electron chi connectivity index (χ4n) is 2.32. The van der Waals surface area contributed by atoms with E-state index in [4.69, 9.17) is 0 Å². The van der Waals surface area contributed by atoms with E-state index < -0.39 is 0 Å². The molecule has 3 nitrogen and oxygen atoms in total. The SMILES string of the molecule is CCc1cccc(CC)c1NCC(=O)N(CC)CC. The highest BCUT2D eigenvalue weighted by molar-refractivity contribution is 5.81. The topological polar surface area (TPSA) is 32.3 Å². The van der Waals surface area contributed by atoms with Crippen molar-refractivity contribution < 1.29 is 4.79 Å². The molecule has 0 fully saturated rings. The van der Waals surface area contributed by atoms with Crippen molar-refractivity contribution in [3.8, 4) is 0 Å². The van der Waals surface area contributed by atoms with E-state index in [1.165, 1.54) is 11.1 Å². The Balaban J connectivity index is 2.79. The third-order valence-electron chi connectivity index (χ3n) is 3.53. The summed E-state index contributed by atoms with van der Waals surface area (Å²) in [5.41, 5.74) is 3.71. The van der Waals surface area contributed by atoms with Crippen molar-refractivity contribution in [2.75, 3.05) is 25.0 Å². The smallest absolute Gasteiger partial charge is 0.241 e. The van der Waals surface area contributed by atoms with Crippen molar-refractivity contribution in [3.63, 3.8) is 0 Å². The second-order valence-electron chi connectivity index (χ2n) is 4.58. The molecule has 1 N–H and O–H groups in total. The van der Waals surface area contributed by atoms with Crippen LogP contribution in [0.25, 0.3) is 0 Å². The molecular weight excluding hydrogens is 236 g/mol. The van der Waals surface area contributed by atoms with E-state index in [1.807, 2.05) is 18.7 Å². The number of nitrogens with zero attached hydrogens (tertiary/aromatic N) is 1. The maximum atomic E-state index is 12.0. The molecule has 0 saturated heterocycles. The Morgan fingerprint density at radius 1 is 1.05 bits per heavy atom. The first-order valence-corrected chi connectivity index (χ1v) is 7.30. The van der Waals surface area contributed by atoms with E-state index in [9.17, 15) is 4.79 Å². The minimum atomic E-state index is 0.165. The number of carbonyl (C=O) groups excluding carboxylic acids is 1. The summed E-state index contributed by atoms with van der Waals surface area (Å²) in [7, 11) is 0. The molecule has 3 heteroatoms. The van der Waals surface area contributed by atoms with Gasteiger partial charge in [0.05, 0.1) is 6.54 Å². The van der Waals surface area contributed by atoms with E-state index in [1.54, 1.807) is 0 Å². The highest BCUT2D eigenvalue weighted by atomic mass is 16.2. The molecule has 0 aliphatic heterocycles. The zero-order valence-corrected chi connectivity index (χ0v) is 12.6. The van der Waals surface area contributed by atoms with Gasteiger partial charge in [-0.1, -0.05) is 32.0 Å². The monoisotopic (exact) mass is 262 g/mol. The molecule has 0 unspecified atom stereocenters. The second-order valence-corrected chi connectivity index (χ2v) is 4.58. The zero-order valence-electron chi connectivity index (χ0n) is 12.6. The number of anilines is 1. The predicted octanol–water partition coefficient (Wildman–Crippen LogP) is 3.09. The Morgan fingerprint density at radius 3 is 2.00 bits per heavy atom. The minimum absolute atomic E-state index is 0.165. The maximum Gasteiger partial charge on any atom is 0.241 e. The van der Waals surface area contributed by atoms with Crippen LogP contribution in [0.2, 0.25) is 0 Å². The quantitative estimate of drug-likeness (QED) is 0.819. The van der Waals surface area contributed by atoms with Crippen LogP contribution in [0.4, 0.5) is 5.69 Å². The molecule has 106 valence electrons. The lowest BCUT2D eigenvalue weighted by molar-refractivity contribution is -0.128. The summed E-state index contributed by atoms with van der Waals surface area (Å²) in [6, 6.07) is 6.35. The number of hydrogen-bond donors (Lipinski definition) is 1. The minimum Gasteiger partial charge on any atom is -0.376 e. The van der Waals surface area contributed by atoms with E-state index in [-0.39, 0.29) is 5.91 Å². The summed E-state index contributed by atoms with van der Waals surface area (Å²) in [4.78, 5) is 13.9. The summed E-state index contributed by atoms with van der Waals surface area (Å²) in [6.45, 7) is 10.2. The number of aryl methyl sites for hydroxylation is 2. The molecule has 0 radical (unpaired) electrons. The fourth-order valence-corrected chi connectivity index (χ4v) is 2.32. The molecule has 1 amide bonds. The number of hydrogen-bond acceptors (Lipinski definition) is 2. The third-order valence-corrected chi connectivity index (χ3v) is 3.53. The van der Waals surface area contributed by atoms with E-state index >= 15 is 0 Å². The number of benzene rings is 1. The van der Waals surface area contributed by atoms with Crippen LogP contribution in [0, 0.1) is 0 Å². The molecule has 0 aliphatic rings. The summed E-state index contributed by atoms with van der Waals surface area (Å²) < 4.78 is 0. The number of rotatable bonds is 7. The van der Waals surface area contributed by atoms with Gasteiger partial charge in [0.1, 0.15) is 0 Å². The lowest BCUT2D eigenvalue weighted by Gasteiger charge is -2.21. The van der Waals surface area contributed by atoms with Gasteiger partial charge in [0.15, 0.2) is 0 Å². The number of para-hydroxylation sites is 1. The second kappa shape index (κ2) is 7.82. The fraction of sp³-hybridized carbons (Fsp3) is 0.562. The average molecular weight is 262 g/mol. The van der Waals surface area contributed by atoms with Crippen molar-refractivity contribution >= 4 is 11.6 Å². The summed E-state index contributed by atoms with van der Waals surface area (Å²) >= 11 is 0. The van der Waals surface area contributed by atoms with Crippen molar-refractivity contribution in [3.05, 3.63) is 29.3 Å². The molecule has 0 heterocycles. The summed E-state index contributed by atoms with van der Waals surface area (Å²) in [5, 5.41) is 3.34. The Kier molecular flexibility index (Phi) is 6.40. The molecular formula is C16H26N2O. The number of carbonyl (C=O) groups is 1. The molecule has 0 bridgehead atoms. The van der Waals surface area contributed by atoms with Gasteiger partial charge >= 0.3 is 0 Å². The molecule has 1 rings (SSSR count). The standard InChI is InChI=1S/C16H26N2O/c1-5-13-10-9-11-14(6-2)16(13)17-12-15(19)18(7-3)8-4/h9-11,17H,5-8,12H2,1-4H3. The third kappa shape index (κ3) is 3.98. The average Bonchev–Trinajstić information content (AvgIpc) is 2.45. The first kappa shape index (κ1) is 15.5. The van der Waals surface area contributed by atoms with Crippen LogP contribution < -0.4 is 5.32 Å². The predicted molar refractivity (Wildman–Crippen MR) is 81.6 cm³/mol. The Labute approximate surface area is 117 Å². The van der Waals surface area contributed by atoms with Crippen LogP contribution in [-0.2, 0) is 17.6 Å². The van der Waals surface area contributed by atoms with Crippen LogP contribution in [0.5, 0.6) is 0 Å². The summed E-state index contributed by atoms with van der Waals surface area (Å²) in [6.07, 6.45) is 1.96. The normalized spacial score (nSPS) is 10.3. The first-order valence-electron chi connectivity index (χ1n) is 7.30. The molecule has 1 aromatic carbocycles. The molecule has 0 aliphatic carbocycles. The van der Waals surface area contributed by atoms with E-state index in [0.29, 0.717) is 6.54 Å². The number of nitrogens with one attached hydrogen (secondary N) is 1. The van der Waals surface area contributed by atoms with Crippen molar-refractivity contribution in [1.29, 1.82) is 0 Å². The van der Waals surface area contributed by atoms with Crippen LogP contribution in [0.15, 0.2) is 18.2 Å². The molecule has 19 heavy (non-hydrogen) atoms. The van der Waals surface area contributed by atoms with E-state index in [0.717, 1.165) is 31.6 Å². The molecule has 0 aromatic heterocycles. The van der Waals surface area contributed by atoms with Crippen molar-refractivity contribution in [1.82, 2.24) is 4.90 Å². The maximum absolute atomic E-state index is 12.0. The highest BCUT2D eigenvalue weighted by Crippen LogP contribution is 2.22. The van der Waals surface area contributed by atoms with Crippen LogP contribution in [0.3, 0.4) is 0 Å². The van der Waals surface area contributed by atoms with Crippen LogP contribution in [-0.4, -0.2) is 30.4 Å². The lowest BCUT2D eigenvalue weighted by Crippen LogP contribution is -2.35. The van der Waals surface area contributed by atoms with Gasteiger partial charge in [-0.3, -0.25) is 4.79 Å². The number of amides is 1. The van der Waals surface area contributed by atoms with Crippen LogP contribution >= 0.6 is 0 Å².